The molecule has 2 nitrogen and oxygen atoms in total. The van der Waals surface area contributed by atoms with E-state index in [0.717, 1.165) is 10.6 Å². The van der Waals surface area contributed by atoms with Crippen LogP contribution >= 0.6 is 11.3 Å². The number of hydrogen-bond donors (Lipinski definition) is 0. The highest BCUT2D eigenvalue weighted by Crippen LogP contribution is 2.38. The summed E-state index contributed by atoms with van der Waals surface area (Å²) in [6, 6.07) is 8.28. The molecule has 0 radical (unpaired) electrons. The van der Waals surface area contributed by atoms with E-state index in [-0.39, 0.29) is 0 Å². The first kappa shape index (κ1) is 7.76. The van der Waals surface area contributed by atoms with Crippen LogP contribution in [0.5, 0.6) is 5.06 Å². The van der Waals surface area contributed by atoms with Crippen LogP contribution in [0, 0.1) is 0 Å². The molecule has 1 aromatic heterocycles. The minimum atomic E-state index is 0.920. The number of ether oxygens (including phenoxy) is 1. The summed E-state index contributed by atoms with van der Waals surface area (Å²) in [4.78, 5) is 3.94. The first-order valence-corrected chi connectivity index (χ1v) is 5.13. The Morgan fingerprint density at radius 1 is 1.21 bits per heavy atom. The van der Waals surface area contributed by atoms with E-state index in [4.69, 9.17) is 4.74 Å². The maximum absolute atomic E-state index is 5.40. The highest BCUT2D eigenvalue weighted by atomic mass is 32.1. The van der Waals surface area contributed by atoms with Crippen molar-refractivity contribution in [1.29, 1.82) is 0 Å². The Labute approximate surface area is 85.2 Å². The molecule has 1 aliphatic rings. The van der Waals surface area contributed by atoms with Gasteiger partial charge >= 0.3 is 0 Å². The lowest BCUT2D eigenvalue weighted by molar-refractivity contribution is 0.592. The molecule has 0 fully saturated rings. The Kier molecular flexibility index (Phi) is 1.64. The van der Waals surface area contributed by atoms with Gasteiger partial charge in [0.15, 0.2) is 11.5 Å². The van der Waals surface area contributed by atoms with Crippen LogP contribution < -0.4 is 4.74 Å². The van der Waals surface area contributed by atoms with E-state index >= 15 is 0 Å². The van der Waals surface area contributed by atoms with Crippen molar-refractivity contribution in [2.75, 3.05) is 0 Å². The molecule has 0 atom stereocenters. The minimum Gasteiger partial charge on any atom is -0.434 e. The Morgan fingerprint density at radius 2 is 2.14 bits per heavy atom. The number of thiophene rings is 1. The average Bonchev–Trinajstić information content (AvgIpc) is 2.42. The number of nitrogens with zero attached hydrogens (tertiary/aromatic N) is 1. The molecule has 68 valence electrons. The quantitative estimate of drug-likeness (QED) is 0.641. The van der Waals surface area contributed by atoms with Gasteiger partial charge < -0.3 is 4.74 Å². The Bertz CT molecular complexity index is 539. The molecule has 0 saturated heterocycles. The van der Waals surface area contributed by atoms with Gasteiger partial charge in [-0.05, 0) is 12.1 Å². The van der Waals surface area contributed by atoms with Crippen LogP contribution in [-0.2, 0) is 0 Å². The molecule has 3 heteroatoms. The zero-order chi connectivity index (χ0) is 9.38. The number of fused-ring (bicyclic) bond motifs is 3. The van der Waals surface area contributed by atoms with Crippen LogP contribution in [0.25, 0.3) is 16.2 Å². The van der Waals surface area contributed by atoms with E-state index in [1.165, 1.54) is 16.5 Å². The van der Waals surface area contributed by atoms with Crippen LogP contribution in [0.3, 0.4) is 0 Å². The smallest absolute Gasteiger partial charge is 0.190 e. The Hall–Kier alpha value is -1.61. The van der Waals surface area contributed by atoms with Crippen LogP contribution in [0.15, 0.2) is 35.5 Å². The summed E-state index contributed by atoms with van der Waals surface area (Å²) in [5.74, 6) is 0. The molecule has 0 bridgehead atoms. The zero-order valence-electron chi connectivity index (χ0n) is 7.31. The van der Waals surface area contributed by atoms with Crippen molar-refractivity contribution in [3.8, 4) is 5.06 Å². The third-order valence-corrected chi connectivity index (χ3v) is 3.23. The summed E-state index contributed by atoms with van der Waals surface area (Å²) < 4.78 is 6.65. The molecule has 0 amide bonds. The average molecular weight is 201 g/mol. The molecule has 0 saturated carbocycles. The maximum Gasteiger partial charge on any atom is 0.190 e. The fraction of sp³-hybridized carbons (Fsp3) is 0. The second kappa shape index (κ2) is 2.96. The monoisotopic (exact) mass is 201 g/mol. The van der Waals surface area contributed by atoms with Gasteiger partial charge in [-0.15, -0.1) is 0 Å². The van der Waals surface area contributed by atoms with Gasteiger partial charge in [0.2, 0.25) is 0 Å². The fourth-order valence-corrected chi connectivity index (χ4v) is 2.53. The largest absolute Gasteiger partial charge is 0.434 e. The second-order valence-corrected chi connectivity index (χ2v) is 4.00. The second-order valence-electron chi connectivity index (χ2n) is 2.99. The molecule has 0 N–H and O–H groups in total. The SMILES string of the molecule is C1=Cc2c(sc3ccccc23)OC=N1. The van der Waals surface area contributed by atoms with E-state index in [0.29, 0.717) is 0 Å². The third kappa shape index (κ3) is 1.06. The summed E-state index contributed by atoms with van der Waals surface area (Å²) in [5, 5.41) is 2.15. The predicted molar refractivity (Wildman–Crippen MR) is 60.0 cm³/mol. The molecule has 14 heavy (non-hydrogen) atoms. The van der Waals surface area contributed by atoms with Crippen molar-refractivity contribution in [2.24, 2.45) is 4.99 Å². The lowest BCUT2D eigenvalue weighted by Gasteiger charge is -1.93. The third-order valence-electron chi connectivity index (χ3n) is 2.15. The molecule has 2 aromatic rings. The van der Waals surface area contributed by atoms with Crippen LogP contribution in [-0.4, -0.2) is 6.40 Å². The van der Waals surface area contributed by atoms with Crippen LogP contribution in [0.2, 0.25) is 0 Å². The van der Waals surface area contributed by atoms with Gasteiger partial charge in [-0.1, -0.05) is 29.5 Å². The normalized spacial score (nSPS) is 13.7. The molecule has 0 aliphatic carbocycles. The summed E-state index contributed by atoms with van der Waals surface area (Å²) in [5.41, 5.74) is 1.13. The van der Waals surface area contributed by atoms with Gasteiger partial charge in [0.1, 0.15) is 0 Å². The fourth-order valence-electron chi connectivity index (χ4n) is 1.52. The van der Waals surface area contributed by atoms with Crippen molar-refractivity contribution in [2.45, 2.75) is 0 Å². The van der Waals surface area contributed by atoms with Crippen molar-refractivity contribution in [3.63, 3.8) is 0 Å². The Morgan fingerprint density at radius 3 is 3.14 bits per heavy atom. The zero-order valence-corrected chi connectivity index (χ0v) is 8.12. The minimum absolute atomic E-state index is 0.920. The molecular weight excluding hydrogens is 194 g/mol. The van der Waals surface area contributed by atoms with Crippen molar-refractivity contribution >= 4 is 33.9 Å². The van der Waals surface area contributed by atoms with Gasteiger partial charge in [-0.3, -0.25) is 0 Å². The topological polar surface area (TPSA) is 21.6 Å². The van der Waals surface area contributed by atoms with Crippen molar-refractivity contribution in [1.82, 2.24) is 0 Å². The van der Waals surface area contributed by atoms with Crippen LogP contribution in [0.1, 0.15) is 5.56 Å². The lowest BCUT2D eigenvalue weighted by Crippen LogP contribution is -1.84. The van der Waals surface area contributed by atoms with E-state index in [2.05, 4.69) is 17.1 Å². The lowest BCUT2D eigenvalue weighted by atomic mass is 10.2. The molecule has 0 unspecified atom stereocenters. The first-order valence-electron chi connectivity index (χ1n) is 4.31. The van der Waals surface area contributed by atoms with Gasteiger partial charge in [0.25, 0.3) is 0 Å². The van der Waals surface area contributed by atoms with Gasteiger partial charge in [0.05, 0.1) is 0 Å². The standard InChI is InChI=1S/C11H7NOS/c1-2-4-10-8(3-1)9-5-6-12-7-13-11(9)14-10/h1-7H. The summed E-state index contributed by atoms with van der Waals surface area (Å²) >= 11 is 1.65. The molecular formula is C11H7NOS. The number of hydrogen-bond acceptors (Lipinski definition) is 3. The maximum atomic E-state index is 5.40. The summed E-state index contributed by atoms with van der Waals surface area (Å²) in [7, 11) is 0. The molecule has 0 spiro atoms. The predicted octanol–water partition coefficient (Wildman–Crippen LogP) is 3.29. The summed E-state index contributed by atoms with van der Waals surface area (Å²) in [6.07, 6.45) is 5.21. The number of aliphatic imine (C=N–C) groups is 1. The van der Waals surface area contributed by atoms with Gasteiger partial charge in [-0.25, -0.2) is 4.99 Å². The van der Waals surface area contributed by atoms with Crippen molar-refractivity contribution in [3.05, 3.63) is 36.0 Å². The van der Waals surface area contributed by atoms with E-state index in [1.54, 1.807) is 17.5 Å². The number of rotatable bonds is 0. The van der Waals surface area contributed by atoms with Gasteiger partial charge in [-0.2, -0.15) is 0 Å². The number of benzene rings is 1. The van der Waals surface area contributed by atoms with E-state index in [9.17, 15) is 0 Å². The van der Waals surface area contributed by atoms with Gasteiger partial charge in [0, 0.05) is 21.8 Å². The molecule has 1 aromatic carbocycles. The van der Waals surface area contributed by atoms with E-state index < -0.39 is 0 Å². The summed E-state index contributed by atoms with van der Waals surface area (Å²) in [6.45, 7) is 0. The van der Waals surface area contributed by atoms with E-state index in [1.807, 2.05) is 18.2 Å². The van der Waals surface area contributed by atoms with Crippen molar-refractivity contribution < 1.29 is 4.74 Å². The highest BCUT2D eigenvalue weighted by Gasteiger charge is 2.10. The first-order chi connectivity index (χ1) is 6.95. The molecule has 2 heterocycles. The van der Waals surface area contributed by atoms with Crippen LogP contribution in [0.4, 0.5) is 0 Å². The highest BCUT2D eigenvalue weighted by molar-refractivity contribution is 7.21. The molecule has 3 rings (SSSR count). The Balaban J connectivity index is 2.37. The molecule has 1 aliphatic heterocycles.